The number of ether oxygens (including phenoxy) is 1. The highest BCUT2D eigenvalue weighted by Gasteiger charge is 2.24. The van der Waals surface area contributed by atoms with Crippen LogP contribution < -0.4 is 10.5 Å². The molecule has 2 aliphatic rings. The third-order valence-corrected chi connectivity index (χ3v) is 5.77. The van der Waals surface area contributed by atoms with E-state index in [1.54, 1.807) is 0 Å². The zero-order chi connectivity index (χ0) is 17.6. The summed E-state index contributed by atoms with van der Waals surface area (Å²) >= 11 is 0. The average molecular weight is 381 g/mol. The van der Waals surface area contributed by atoms with Crippen molar-refractivity contribution in [2.45, 2.75) is 70.4 Å². The van der Waals surface area contributed by atoms with Crippen molar-refractivity contribution in [3.05, 3.63) is 29.8 Å². The molecule has 0 radical (unpaired) electrons. The van der Waals surface area contributed by atoms with Crippen molar-refractivity contribution in [1.29, 1.82) is 0 Å². The lowest BCUT2D eigenvalue weighted by Gasteiger charge is -2.33. The lowest BCUT2D eigenvalue weighted by atomic mass is 9.91. The van der Waals surface area contributed by atoms with Crippen LogP contribution in [0.25, 0.3) is 0 Å². The fraction of sp³-hybridized carbons (Fsp3) is 0.667. The second-order valence-electron chi connectivity index (χ2n) is 7.75. The van der Waals surface area contributed by atoms with Gasteiger partial charge < -0.3 is 15.4 Å². The number of rotatable bonds is 6. The van der Waals surface area contributed by atoms with Crippen LogP contribution in [0.2, 0.25) is 0 Å². The minimum absolute atomic E-state index is 0. The van der Waals surface area contributed by atoms with Gasteiger partial charge >= 0.3 is 0 Å². The molecule has 1 unspecified atom stereocenters. The van der Waals surface area contributed by atoms with E-state index in [0.717, 1.165) is 38.1 Å². The number of carbonyl (C=O) groups is 1. The number of hydrogen-bond acceptors (Lipinski definition) is 3. The quantitative estimate of drug-likeness (QED) is 0.812. The molecule has 5 heteroatoms. The molecule has 146 valence electrons. The summed E-state index contributed by atoms with van der Waals surface area (Å²) in [6.45, 7) is 3.79. The molecule has 2 fully saturated rings. The number of piperidine rings is 1. The first-order valence-corrected chi connectivity index (χ1v) is 9.91. The van der Waals surface area contributed by atoms with E-state index in [-0.39, 0.29) is 24.4 Å². The Hall–Kier alpha value is -1.26. The van der Waals surface area contributed by atoms with E-state index >= 15 is 0 Å². The van der Waals surface area contributed by atoms with Crippen molar-refractivity contribution < 1.29 is 9.53 Å². The lowest BCUT2D eigenvalue weighted by Crippen LogP contribution is -2.42. The van der Waals surface area contributed by atoms with Gasteiger partial charge in [-0.25, -0.2) is 0 Å². The molecule has 1 atom stereocenters. The van der Waals surface area contributed by atoms with E-state index in [0.29, 0.717) is 18.4 Å². The molecule has 4 nitrogen and oxygen atoms in total. The smallest absolute Gasteiger partial charge is 0.222 e. The highest BCUT2D eigenvalue weighted by Crippen LogP contribution is 2.25. The predicted molar refractivity (Wildman–Crippen MR) is 108 cm³/mol. The number of amides is 1. The van der Waals surface area contributed by atoms with Gasteiger partial charge in [0.1, 0.15) is 5.75 Å². The van der Waals surface area contributed by atoms with Gasteiger partial charge in [0.2, 0.25) is 5.91 Å². The second kappa shape index (κ2) is 10.2. The summed E-state index contributed by atoms with van der Waals surface area (Å²) in [5.74, 6) is 1.79. The van der Waals surface area contributed by atoms with E-state index in [9.17, 15) is 4.79 Å². The molecule has 1 aromatic carbocycles. The van der Waals surface area contributed by atoms with Crippen LogP contribution in [-0.4, -0.2) is 36.0 Å². The molecule has 1 saturated heterocycles. The van der Waals surface area contributed by atoms with Crippen molar-refractivity contribution in [3.8, 4) is 5.75 Å². The van der Waals surface area contributed by atoms with Crippen LogP contribution in [-0.2, 0) is 11.2 Å². The molecule has 1 saturated carbocycles. The maximum Gasteiger partial charge on any atom is 0.222 e. The molecule has 0 spiro atoms. The van der Waals surface area contributed by atoms with Crippen LogP contribution in [0.5, 0.6) is 5.75 Å². The summed E-state index contributed by atoms with van der Waals surface area (Å²) in [5, 5.41) is 0. The van der Waals surface area contributed by atoms with E-state index < -0.39 is 0 Å². The number of carbonyl (C=O) groups excluding carboxylic acids is 1. The van der Waals surface area contributed by atoms with Crippen molar-refractivity contribution in [3.63, 3.8) is 0 Å². The van der Waals surface area contributed by atoms with Crippen LogP contribution in [0.3, 0.4) is 0 Å². The summed E-state index contributed by atoms with van der Waals surface area (Å²) in [6.07, 6.45) is 8.70. The first-order chi connectivity index (χ1) is 12.1. The maximum absolute atomic E-state index is 12.5. The molecule has 0 bridgehead atoms. The Morgan fingerprint density at radius 2 is 1.92 bits per heavy atom. The van der Waals surface area contributed by atoms with Gasteiger partial charge in [-0.15, -0.1) is 12.4 Å². The Kier molecular flexibility index (Phi) is 8.23. The van der Waals surface area contributed by atoms with Crippen LogP contribution >= 0.6 is 12.4 Å². The van der Waals surface area contributed by atoms with Crippen LogP contribution in [0.4, 0.5) is 0 Å². The Morgan fingerprint density at radius 3 is 2.58 bits per heavy atom. The van der Waals surface area contributed by atoms with Crippen LogP contribution in [0.1, 0.15) is 57.4 Å². The number of likely N-dealkylation sites (tertiary alicyclic amines) is 1. The third-order valence-electron chi connectivity index (χ3n) is 5.77. The Balaban J connectivity index is 0.00000243. The molecule has 1 heterocycles. The van der Waals surface area contributed by atoms with Crippen LogP contribution in [0.15, 0.2) is 24.3 Å². The molecule has 1 aromatic rings. The third kappa shape index (κ3) is 5.88. The van der Waals surface area contributed by atoms with Gasteiger partial charge in [0, 0.05) is 25.6 Å². The minimum Gasteiger partial charge on any atom is -0.490 e. The number of nitrogens with zero attached hydrogens (tertiary/aromatic N) is 1. The number of halogens is 1. The fourth-order valence-electron chi connectivity index (χ4n) is 4.06. The van der Waals surface area contributed by atoms with Gasteiger partial charge in [0.25, 0.3) is 0 Å². The predicted octanol–water partition coefficient (Wildman–Crippen LogP) is 3.95. The van der Waals surface area contributed by atoms with E-state index in [4.69, 9.17) is 10.5 Å². The summed E-state index contributed by atoms with van der Waals surface area (Å²) in [6, 6.07) is 8.51. The topological polar surface area (TPSA) is 55.6 Å². The number of nitrogens with two attached hydrogens (primary N) is 1. The molecule has 0 aromatic heterocycles. The zero-order valence-corrected chi connectivity index (χ0v) is 16.7. The van der Waals surface area contributed by atoms with Crippen molar-refractivity contribution in [2.75, 3.05) is 13.1 Å². The van der Waals surface area contributed by atoms with Gasteiger partial charge in [-0.2, -0.15) is 0 Å². The zero-order valence-electron chi connectivity index (χ0n) is 15.9. The molecular formula is C21H33ClN2O2. The first kappa shape index (κ1) is 21.0. The summed E-state index contributed by atoms with van der Waals surface area (Å²) < 4.78 is 6.07. The highest BCUT2D eigenvalue weighted by molar-refractivity contribution is 5.85. The number of hydrogen-bond donors (Lipinski definition) is 1. The number of benzene rings is 1. The molecule has 1 aliphatic heterocycles. The Labute approximate surface area is 163 Å². The van der Waals surface area contributed by atoms with E-state index in [1.807, 2.05) is 17.0 Å². The largest absolute Gasteiger partial charge is 0.490 e. The van der Waals surface area contributed by atoms with Crippen LogP contribution in [0, 0.1) is 5.92 Å². The fourth-order valence-corrected chi connectivity index (χ4v) is 4.06. The standard InChI is InChI=1S/C21H32N2O2.ClH/c1-16(22)18-11-13-23(14-12-18)21(24)10-9-17-5-4-8-20(15-17)25-19-6-2-3-7-19;/h4-5,8,15-16,18-19H,2-3,6-7,9-14,22H2,1H3;1H. The number of aryl methyl sites for hydroxylation is 1. The van der Waals surface area contributed by atoms with Gasteiger partial charge in [0.05, 0.1) is 6.10 Å². The first-order valence-electron chi connectivity index (χ1n) is 9.91. The SMILES string of the molecule is CC(N)C1CCN(C(=O)CCc2cccc(OC3CCCC3)c2)CC1.Cl. The van der Waals surface area contributed by atoms with Gasteiger partial charge in [0.15, 0.2) is 0 Å². The summed E-state index contributed by atoms with van der Waals surface area (Å²) in [7, 11) is 0. The Morgan fingerprint density at radius 1 is 1.23 bits per heavy atom. The molecule has 3 rings (SSSR count). The summed E-state index contributed by atoms with van der Waals surface area (Å²) in [4.78, 5) is 14.5. The minimum atomic E-state index is 0. The normalized spacial score (nSPS) is 19.8. The second-order valence-corrected chi connectivity index (χ2v) is 7.75. The highest BCUT2D eigenvalue weighted by atomic mass is 35.5. The molecule has 1 amide bonds. The van der Waals surface area contributed by atoms with E-state index in [1.165, 1.54) is 31.2 Å². The monoisotopic (exact) mass is 380 g/mol. The molecule has 2 N–H and O–H groups in total. The molecule has 26 heavy (non-hydrogen) atoms. The molecule has 1 aliphatic carbocycles. The van der Waals surface area contributed by atoms with Crippen molar-refractivity contribution >= 4 is 18.3 Å². The van der Waals surface area contributed by atoms with Gasteiger partial charge in [-0.3, -0.25) is 4.79 Å². The average Bonchev–Trinajstić information content (AvgIpc) is 3.13. The summed E-state index contributed by atoms with van der Waals surface area (Å²) in [5.41, 5.74) is 7.17. The van der Waals surface area contributed by atoms with Crippen molar-refractivity contribution in [2.24, 2.45) is 11.7 Å². The van der Waals surface area contributed by atoms with Gasteiger partial charge in [-0.1, -0.05) is 12.1 Å². The maximum atomic E-state index is 12.5. The van der Waals surface area contributed by atoms with Gasteiger partial charge in [-0.05, 0) is 75.5 Å². The lowest BCUT2D eigenvalue weighted by molar-refractivity contribution is -0.132. The Bertz CT molecular complexity index is 565. The van der Waals surface area contributed by atoms with E-state index in [2.05, 4.69) is 19.1 Å². The van der Waals surface area contributed by atoms with Crippen molar-refractivity contribution in [1.82, 2.24) is 4.90 Å². The molecular weight excluding hydrogens is 348 g/mol.